The molecule has 1 aromatic carbocycles. The van der Waals surface area contributed by atoms with Crippen molar-refractivity contribution in [3.63, 3.8) is 0 Å². The molecule has 2 aromatic heterocycles. The SMILES string of the molecule is Cc1c(-c2nnc(SCC(=O)O)n2[C@H](C)c2ccccc2)cnn1C. The normalized spacial score (nSPS) is 12.3. The van der Waals surface area contributed by atoms with E-state index in [4.69, 9.17) is 5.11 Å². The number of carboxylic acid groups (broad SMARTS) is 1. The Kier molecular flexibility index (Phi) is 4.89. The molecule has 0 aliphatic carbocycles. The Bertz CT molecular complexity index is 888. The van der Waals surface area contributed by atoms with Gasteiger partial charge in [-0.2, -0.15) is 5.10 Å². The third kappa shape index (κ3) is 3.43. The molecule has 0 aliphatic rings. The van der Waals surface area contributed by atoms with Crippen LogP contribution in [0.25, 0.3) is 11.4 Å². The van der Waals surface area contributed by atoms with Crippen molar-refractivity contribution in [1.82, 2.24) is 24.5 Å². The van der Waals surface area contributed by atoms with Gasteiger partial charge >= 0.3 is 5.97 Å². The molecule has 2 heterocycles. The van der Waals surface area contributed by atoms with E-state index in [-0.39, 0.29) is 11.8 Å². The Hall–Kier alpha value is -2.61. The first kappa shape index (κ1) is 17.2. The minimum Gasteiger partial charge on any atom is -0.481 e. The van der Waals surface area contributed by atoms with Crippen LogP contribution in [0.3, 0.4) is 0 Å². The van der Waals surface area contributed by atoms with E-state index in [0.29, 0.717) is 11.0 Å². The molecule has 0 bridgehead atoms. The monoisotopic (exact) mass is 357 g/mol. The molecule has 3 rings (SSSR count). The van der Waals surface area contributed by atoms with Gasteiger partial charge in [0.1, 0.15) is 0 Å². The number of hydrogen-bond acceptors (Lipinski definition) is 5. The zero-order valence-corrected chi connectivity index (χ0v) is 15.1. The first-order valence-corrected chi connectivity index (χ1v) is 8.81. The lowest BCUT2D eigenvalue weighted by Gasteiger charge is -2.18. The highest BCUT2D eigenvalue weighted by molar-refractivity contribution is 7.99. The summed E-state index contributed by atoms with van der Waals surface area (Å²) in [5.74, 6) is -0.257. The molecule has 8 heteroatoms. The third-order valence-electron chi connectivity index (χ3n) is 4.13. The molecule has 0 amide bonds. The number of thioether (sulfide) groups is 1. The molecule has 0 spiro atoms. The minimum absolute atomic E-state index is 0.0397. The van der Waals surface area contributed by atoms with Crippen LogP contribution in [0.5, 0.6) is 0 Å². The number of aliphatic carboxylic acids is 1. The van der Waals surface area contributed by atoms with Gasteiger partial charge in [0, 0.05) is 12.7 Å². The summed E-state index contributed by atoms with van der Waals surface area (Å²) in [6.07, 6.45) is 1.76. The van der Waals surface area contributed by atoms with Gasteiger partial charge in [0.25, 0.3) is 0 Å². The lowest BCUT2D eigenvalue weighted by Crippen LogP contribution is -2.11. The van der Waals surface area contributed by atoms with Gasteiger partial charge in [-0.25, -0.2) is 0 Å². The summed E-state index contributed by atoms with van der Waals surface area (Å²) in [7, 11) is 1.88. The van der Waals surface area contributed by atoms with Crippen molar-refractivity contribution in [3.05, 3.63) is 47.8 Å². The lowest BCUT2D eigenvalue weighted by atomic mass is 10.1. The topological polar surface area (TPSA) is 85.8 Å². The number of benzene rings is 1. The van der Waals surface area contributed by atoms with Crippen LogP contribution in [0.2, 0.25) is 0 Å². The van der Waals surface area contributed by atoms with E-state index in [2.05, 4.69) is 22.2 Å². The number of carbonyl (C=O) groups is 1. The second-order valence-electron chi connectivity index (χ2n) is 5.71. The predicted molar refractivity (Wildman–Crippen MR) is 95.6 cm³/mol. The van der Waals surface area contributed by atoms with Gasteiger partial charge in [0.2, 0.25) is 0 Å². The van der Waals surface area contributed by atoms with Gasteiger partial charge in [0.15, 0.2) is 11.0 Å². The Morgan fingerprint density at radius 3 is 2.60 bits per heavy atom. The Balaban J connectivity index is 2.09. The van der Waals surface area contributed by atoms with E-state index in [9.17, 15) is 4.79 Å². The van der Waals surface area contributed by atoms with Gasteiger partial charge in [-0.15, -0.1) is 10.2 Å². The molecular formula is C17H19N5O2S. The molecule has 25 heavy (non-hydrogen) atoms. The average Bonchev–Trinajstić information content (AvgIpc) is 3.17. The molecule has 0 saturated heterocycles. The average molecular weight is 357 g/mol. The third-order valence-corrected chi connectivity index (χ3v) is 5.06. The van der Waals surface area contributed by atoms with Crippen LogP contribution in [-0.2, 0) is 11.8 Å². The summed E-state index contributed by atoms with van der Waals surface area (Å²) < 4.78 is 3.76. The summed E-state index contributed by atoms with van der Waals surface area (Å²) in [6.45, 7) is 4.03. The van der Waals surface area contributed by atoms with Crippen molar-refractivity contribution in [1.29, 1.82) is 0 Å². The lowest BCUT2D eigenvalue weighted by molar-refractivity contribution is -0.133. The maximum Gasteiger partial charge on any atom is 0.313 e. The fourth-order valence-corrected chi connectivity index (χ4v) is 3.37. The second-order valence-corrected chi connectivity index (χ2v) is 6.66. The van der Waals surface area contributed by atoms with Gasteiger partial charge < -0.3 is 5.11 Å². The van der Waals surface area contributed by atoms with Crippen LogP contribution in [-0.4, -0.2) is 41.4 Å². The van der Waals surface area contributed by atoms with Crippen LogP contribution in [0.15, 0.2) is 41.7 Å². The van der Waals surface area contributed by atoms with E-state index in [1.54, 1.807) is 10.9 Å². The van der Waals surface area contributed by atoms with E-state index < -0.39 is 5.97 Å². The Morgan fingerprint density at radius 1 is 1.28 bits per heavy atom. The summed E-state index contributed by atoms with van der Waals surface area (Å²) in [5.41, 5.74) is 2.96. The van der Waals surface area contributed by atoms with Crippen molar-refractivity contribution in [2.75, 3.05) is 5.75 Å². The first-order chi connectivity index (χ1) is 12.0. The molecule has 0 aliphatic heterocycles. The molecule has 0 saturated carbocycles. The number of carboxylic acids is 1. The van der Waals surface area contributed by atoms with Crippen molar-refractivity contribution in [2.45, 2.75) is 25.0 Å². The highest BCUT2D eigenvalue weighted by Gasteiger charge is 2.23. The summed E-state index contributed by atoms with van der Waals surface area (Å²) in [5, 5.41) is 22.4. The molecular weight excluding hydrogens is 338 g/mol. The number of nitrogens with zero attached hydrogens (tertiary/aromatic N) is 5. The number of hydrogen-bond donors (Lipinski definition) is 1. The van der Waals surface area contributed by atoms with E-state index in [0.717, 1.165) is 16.8 Å². The van der Waals surface area contributed by atoms with Crippen LogP contribution in [0, 0.1) is 6.92 Å². The Labute approximate surface area is 149 Å². The minimum atomic E-state index is -0.883. The highest BCUT2D eigenvalue weighted by atomic mass is 32.2. The van der Waals surface area contributed by atoms with Crippen molar-refractivity contribution in [2.24, 2.45) is 7.05 Å². The van der Waals surface area contributed by atoms with Crippen LogP contribution < -0.4 is 0 Å². The number of rotatable bonds is 6. The molecule has 1 atom stereocenters. The van der Waals surface area contributed by atoms with Crippen molar-refractivity contribution < 1.29 is 9.90 Å². The van der Waals surface area contributed by atoms with Gasteiger partial charge in [0.05, 0.1) is 23.6 Å². The van der Waals surface area contributed by atoms with Gasteiger partial charge in [-0.05, 0) is 19.4 Å². The van der Waals surface area contributed by atoms with Gasteiger partial charge in [-0.1, -0.05) is 42.1 Å². The van der Waals surface area contributed by atoms with Crippen LogP contribution >= 0.6 is 11.8 Å². The number of aryl methyl sites for hydroxylation is 1. The smallest absolute Gasteiger partial charge is 0.313 e. The molecule has 0 fully saturated rings. The van der Waals surface area contributed by atoms with Crippen molar-refractivity contribution >= 4 is 17.7 Å². The molecule has 1 N–H and O–H groups in total. The molecule has 0 radical (unpaired) electrons. The Morgan fingerprint density at radius 2 is 2.00 bits per heavy atom. The first-order valence-electron chi connectivity index (χ1n) is 7.82. The largest absolute Gasteiger partial charge is 0.481 e. The maximum atomic E-state index is 11.0. The summed E-state index contributed by atoms with van der Waals surface area (Å²) in [4.78, 5) is 11.0. The molecule has 3 aromatic rings. The van der Waals surface area contributed by atoms with Crippen molar-refractivity contribution in [3.8, 4) is 11.4 Å². The van der Waals surface area contributed by atoms with E-state index in [1.807, 2.05) is 48.9 Å². The zero-order chi connectivity index (χ0) is 18.0. The van der Waals surface area contributed by atoms with E-state index in [1.165, 1.54) is 11.8 Å². The number of aromatic nitrogens is 5. The fraction of sp³-hybridized carbons (Fsp3) is 0.294. The van der Waals surface area contributed by atoms with Crippen LogP contribution in [0.4, 0.5) is 0 Å². The standard InChI is InChI=1S/C17H19N5O2S/c1-11(13-7-5-4-6-8-13)22-16(14-9-18-21(3)12(14)2)19-20-17(22)25-10-15(23)24/h4-9,11H,10H2,1-3H3,(H,23,24)/t11-/m1/s1. The summed E-state index contributed by atoms with van der Waals surface area (Å²) >= 11 is 1.17. The quantitative estimate of drug-likeness (QED) is 0.683. The highest BCUT2D eigenvalue weighted by Crippen LogP contribution is 2.32. The van der Waals surface area contributed by atoms with Gasteiger partial charge in [-0.3, -0.25) is 14.0 Å². The molecule has 130 valence electrons. The predicted octanol–water partition coefficient (Wildman–Crippen LogP) is 2.77. The van der Waals surface area contributed by atoms with Crippen LogP contribution in [0.1, 0.15) is 24.2 Å². The maximum absolute atomic E-state index is 11.0. The molecule has 0 unspecified atom stereocenters. The molecule has 7 nitrogen and oxygen atoms in total. The second kappa shape index (κ2) is 7.10. The van der Waals surface area contributed by atoms with E-state index >= 15 is 0 Å². The fourth-order valence-electron chi connectivity index (χ4n) is 2.63. The summed E-state index contributed by atoms with van der Waals surface area (Å²) in [6, 6.07) is 9.97. The zero-order valence-electron chi connectivity index (χ0n) is 14.2.